The van der Waals surface area contributed by atoms with Gasteiger partial charge in [-0.25, -0.2) is 0 Å². The number of aliphatic hydroxyl groups excluding tert-OH is 1. The van der Waals surface area contributed by atoms with E-state index >= 15 is 0 Å². The van der Waals surface area contributed by atoms with Crippen molar-refractivity contribution in [3.63, 3.8) is 0 Å². The van der Waals surface area contributed by atoms with Gasteiger partial charge in [-0.2, -0.15) is 0 Å². The lowest BCUT2D eigenvalue weighted by molar-refractivity contribution is -0.0923. The first-order valence-corrected chi connectivity index (χ1v) is 5.34. The van der Waals surface area contributed by atoms with Crippen molar-refractivity contribution in [2.75, 3.05) is 7.05 Å². The molecule has 2 aliphatic rings. The molecule has 0 aromatic carbocycles. The smallest absolute Gasteiger partial charge is 0.111 e. The van der Waals surface area contributed by atoms with Crippen LogP contribution in [0, 0.1) is 11.8 Å². The van der Waals surface area contributed by atoms with E-state index in [1.54, 1.807) is 0 Å². The summed E-state index contributed by atoms with van der Waals surface area (Å²) in [5.41, 5.74) is 0. The van der Waals surface area contributed by atoms with Crippen LogP contribution in [0.15, 0.2) is 17.1 Å². The van der Waals surface area contributed by atoms with Crippen LogP contribution in [0.4, 0.5) is 0 Å². The first-order valence-electron chi connectivity index (χ1n) is 5.34. The van der Waals surface area contributed by atoms with Crippen LogP contribution >= 0.6 is 0 Å². The van der Waals surface area contributed by atoms with Crippen molar-refractivity contribution in [3.05, 3.63) is 12.2 Å². The minimum Gasteiger partial charge on any atom is -0.378 e. The van der Waals surface area contributed by atoms with Crippen LogP contribution in [-0.4, -0.2) is 35.7 Å². The molecule has 2 rings (SSSR count). The average Bonchev–Trinajstić information content (AvgIpc) is 2.23. The molecule has 4 atom stereocenters. The molecule has 0 aromatic rings. The van der Waals surface area contributed by atoms with Gasteiger partial charge in [0.2, 0.25) is 0 Å². The van der Waals surface area contributed by atoms with Gasteiger partial charge in [0, 0.05) is 12.1 Å². The predicted molar refractivity (Wildman–Crippen MR) is 57.1 cm³/mol. The van der Waals surface area contributed by atoms with Gasteiger partial charge in [-0.3, -0.25) is 9.89 Å². The van der Waals surface area contributed by atoms with Crippen molar-refractivity contribution in [2.24, 2.45) is 16.8 Å². The van der Waals surface area contributed by atoms with E-state index in [4.69, 9.17) is 0 Å². The SMILES string of the molecule is CCC1CC2C=CC=NC2N(C)C1O. The highest BCUT2D eigenvalue weighted by atomic mass is 16.3. The van der Waals surface area contributed by atoms with Crippen LogP contribution in [0.3, 0.4) is 0 Å². The van der Waals surface area contributed by atoms with Crippen molar-refractivity contribution >= 4 is 6.21 Å². The van der Waals surface area contributed by atoms with E-state index < -0.39 is 0 Å². The Hall–Kier alpha value is -0.670. The van der Waals surface area contributed by atoms with E-state index in [0.717, 1.165) is 12.8 Å². The lowest BCUT2D eigenvalue weighted by Crippen LogP contribution is -2.52. The third-order valence-corrected chi connectivity index (χ3v) is 3.42. The Kier molecular flexibility index (Phi) is 2.70. The van der Waals surface area contributed by atoms with Crippen LogP contribution in [0.25, 0.3) is 0 Å². The highest BCUT2D eigenvalue weighted by molar-refractivity contribution is 5.72. The first-order chi connectivity index (χ1) is 6.74. The third-order valence-electron chi connectivity index (χ3n) is 3.42. The van der Waals surface area contributed by atoms with Gasteiger partial charge >= 0.3 is 0 Å². The number of aliphatic imine (C=N–C) groups is 1. The summed E-state index contributed by atoms with van der Waals surface area (Å²) in [5.74, 6) is 0.873. The molecular formula is C11H18N2O. The maximum absolute atomic E-state index is 10.0. The molecule has 0 spiro atoms. The summed E-state index contributed by atoms with van der Waals surface area (Å²) in [6.07, 6.45) is 7.97. The quantitative estimate of drug-likeness (QED) is 0.682. The van der Waals surface area contributed by atoms with Crippen molar-refractivity contribution in [1.29, 1.82) is 0 Å². The molecule has 2 aliphatic heterocycles. The fraction of sp³-hybridized carbons (Fsp3) is 0.727. The summed E-state index contributed by atoms with van der Waals surface area (Å²) in [6.45, 7) is 2.14. The first kappa shape index (κ1) is 9.87. The van der Waals surface area contributed by atoms with E-state index in [1.165, 1.54) is 0 Å². The number of nitrogens with zero attached hydrogens (tertiary/aromatic N) is 2. The Morgan fingerprint density at radius 2 is 2.36 bits per heavy atom. The summed E-state index contributed by atoms with van der Waals surface area (Å²) in [7, 11) is 1.96. The number of likely N-dealkylation sites (tertiary alicyclic amines) is 1. The van der Waals surface area contributed by atoms with E-state index in [1.807, 2.05) is 24.2 Å². The number of piperidine rings is 1. The molecule has 0 saturated carbocycles. The van der Waals surface area contributed by atoms with Crippen molar-refractivity contribution < 1.29 is 5.11 Å². The standard InChI is InChI=1S/C11H18N2O/c1-3-8-7-9-5-4-6-12-10(9)13(2)11(8)14/h4-6,8-11,14H,3,7H2,1-2H3. The Morgan fingerprint density at radius 1 is 1.57 bits per heavy atom. The van der Waals surface area contributed by atoms with E-state index in [9.17, 15) is 5.11 Å². The second-order valence-electron chi connectivity index (χ2n) is 4.24. The molecule has 0 radical (unpaired) electrons. The molecule has 3 heteroatoms. The number of aliphatic hydroxyl groups is 1. The molecule has 1 N–H and O–H groups in total. The molecule has 1 saturated heterocycles. The number of dihydropyridines is 1. The molecule has 3 nitrogen and oxygen atoms in total. The lowest BCUT2D eigenvalue weighted by Gasteiger charge is -2.44. The van der Waals surface area contributed by atoms with E-state index in [2.05, 4.69) is 18.0 Å². The molecule has 0 amide bonds. The largest absolute Gasteiger partial charge is 0.378 e. The highest BCUT2D eigenvalue weighted by Crippen LogP contribution is 2.34. The fourth-order valence-electron chi connectivity index (χ4n) is 2.49. The van der Waals surface area contributed by atoms with Crippen molar-refractivity contribution in [3.8, 4) is 0 Å². The molecular weight excluding hydrogens is 176 g/mol. The van der Waals surface area contributed by atoms with Gasteiger partial charge in [0.1, 0.15) is 12.4 Å². The molecule has 0 bridgehead atoms. The zero-order valence-corrected chi connectivity index (χ0v) is 8.80. The Balaban J connectivity index is 2.16. The summed E-state index contributed by atoms with van der Waals surface area (Å²) < 4.78 is 0. The van der Waals surface area contributed by atoms with Crippen LogP contribution in [-0.2, 0) is 0 Å². The molecule has 2 heterocycles. The fourth-order valence-corrected chi connectivity index (χ4v) is 2.49. The Labute approximate surface area is 85.1 Å². The second kappa shape index (κ2) is 3.83. The maximum atomic E-state index is 10.0. The number of fused-ring (bicyclic) bond motifs is 1. The highest BCUT2D eigenvalue weighted by Gasteiger charge is 2.38. The molecule has 14 heavy (non-hydrogen) atoms. The molecule has 0 aliphatic carbocycles. The molecule has 78 valence electrons. The monoisotopic (exact) mass is 194 g/mol. The van der Waals surface area contributed by atoms with Crippen molar-refractivity contribution in [1.82, 2.24) is 4.90 Å². The average molecular weight is 194 g/mol. The van der Waals surface area contributed by atoms with Crippen LogP contribution in [0.5, 0.6) is 0 Å². The van der Waals surface area contributed by atoms with Crippen molar-refractivity contribution in [2.45, 2.75) is 32.2 Å². The van der Waals surface area contributed by atoms with E-state index in [-0.39, 0.29) is 12.4 Å². The van der Waals surface area contributed by atoms with Crippen LogP contribution < -0.4 is 0 Å². The topological polar surface area (TPSA) is 35.8 Å². The maximum Gasteiger partial charge on any atom is 0.111 e. The van der Waals surface area contributed by atoms with Gasteiger partial charge in [-0.1, -0.05) is 13.0 Å². The van der Waals surface area contributed by atoms with Gasteiger partial charge in [-0.15, -0.1) is 0 Å². The van der Waals surface area contributed by atoms with Gasteiger partial charge in [0.25, 0.3) is 0 Å². The van der Waals surface area contributed by atoms with Gasteiger partial charge in [0.05, 0.1) is 0 Å². The third kappa shape index (κ3) is 1.51. The van der Waals surface area contributed by atoms with Gasteiger partial charge in [0.15, 0.2) is 0 Å². The number of allylic oxidation sites excluding steroid dienone is 1. The zero-order chi connectivity index (χ0) is 10.1. The summed E-state index contributed by atoms with van der Waals surface area (Å²) in [5, 5.41) is 10.0. The summed E-state index contributed by atoms with van der Waals surface area (Å²) in [6, 6.07) is 0. The van der Waals surface area contributed by atoms with Gasteiger partial charge < -0.3 is 5.11 Å². The molecule has 4 unspecified atom stereocenters. The predicted octanol–water partition coefficient (Wildman–Crippen LogP) is 1.25. The normalized spacial score (nSPS) is 42.5. The second-order valence-corrected chi connectivity index (χ2v) is 4.24. The number of hydrogen-bond acceptors (Lipinski definition) is 3. The zero-order valence-electron chi connectivity index (χ0n) is 8.80. The Bertz CT molecular complexity index is 262. The minimum atomic E-state index is -0.329. The number of rotatable bonds is 1. The van der Waals surface area contributed by atoms with E-state index in [0.29, 0.717) is 11.8 Å². The number of hydrogen-bond donors (Lipinski definition) is 1. The lowest BCUT2D eigenvalue weighted by atomic mass is 9.83. The van der Waals surface area contributed by atoms with Crippen LogP contribution in [0.1, 0.15) is 19.8 Å². The van der Waals surface area contributed by atoms with Crippen LogP contribution in [0.2, 0.25) is 0 Å². The Morgan fingerprint density at radius 3 is 3.07 bits per heavy atom. The molecule has 1 fully saturated rings. The molecule has 0 aromatic heterocycles. The summed E-state index contributed by atoms with van der Waals surface area (Å²) in [4.78, 5) is 6.39. The van der Waals surface area contributed by atoms with Gasteiger partial charge in [-0.05, 0) is 31.9 Å². The summed E-state index contributed by atoms with van der Waals surface area (Å²) >= 11 is 0. The minimum absolute atomic E-state index is 0.151.